The molecule has 0 aliphatic rings. The zero-order valence-electron chi connectivity index (χ0n) is 21.2. The highest BCUT2D eigenvalue weighted by atomic mass is 32.2. The summed E-state index contributed by atoms with van der Waals surface area (Å²) in [6.45, 7) is 8.12. The Morgan fingerprint density at radius 3 is 2.21 bits per heavy atom. The van der Waals surface area contributed by atoms with Gasteiger partial charge in [-0.05, 0) is 68.5 Å². The van der Waals surface area contributed by atoms with Gasteiger partial charge >= 0.3 is 10.1 Å². The Kier molecular flexibility index (Phi) is 10.9. The number of carbonyl (C=O) groups excluding carboxylic acids is 1. The molecule has 1 atom stereocenters. The molecule has 2 aromatic rings. The van der Waals surface area contributed by atoms with E-state index in [4.69, 9.17) is 8.92 Å². The van der Waals surface area contributed by atoms with E-state index in [9.17, 15) is 13.2 Å². The van der Waals surface area contributed by atoms with Gasteiger partial charge in [-0.2, -0.15) is 8.42 Å². The van der Waals surface area contributed by atoms with Gasteiger partial charge in [0.25, 0.3) is 5.91 Å². The molecule has 0 saturated carbocycles. The molecule has 0 N–H and O–H groups in total. The van der Waals surface area contributed by atoms with Gasteiger partial charge in [-0.15, -0.1) is 0 Å². The van der Waals surface area contributed by atoms with Gasteiger partial charge in [-0.1, -0.05) is 51.3 Å². The summed E-state index contributed by atoms with van der Waals surface area (Å²) >= 11 is 0. The molecule has 34 heavy (non-hydrogen) atoms. The van der Waals surface area contributed by atoms with Crippen molar-refractivity contribution in [2.24, 2.45) is 0 Å². The summed E-state index contributed by atoms with van der Waals surface area (Å²) in [4.78, 5) is 15.2. The number of unbranched alkanes of at least 4 members (excludes halogenated alkanes) is 3. The van der Waals surface area contributed by atoms with E-state index in [2.05, 4.69) is 6.92 Å². The molecule has 0 saturated heterocycles. The minimum atomic E-state index is -3.71. The molecule has 188 valence electrons. The van der Waals surface area contributed by atoms with Gasteiger partial charge < -0.3 is 13.8 Å². The molecule has 0 aliphatic carbocycles. The fourth-order valence-corrected chi connectivity index (χ4v) is 4.18. The number of benzene rings is 2. The molecule has 2 aromatic carbocycles. The van der Waals surface area contributed by atoms with Crippen molar-refractivity contribution in [2.45, 2.75) is 78.8 Å². The maximum atomic E-state index is 13.4. The number of ether oxygens (including phenoxy) is 1. The van der Waals surface area contributed by atoms with Crippen molar-refractivity contribution in [3.63, 3.8) is 0 Å². The van der Waals surface area contributed by atoms with Crippen LogP contribution in [-0.2, 0) is 23.1 Å². The van der Waals surface area contributed by atoms with Crippen molar-refractivity contribution in [2.75, 3.05) is 12.9 Å². The summed E-state index contributed by atoms with van der Waals surface area (Å²) in [6.07, 6.45) is 6.68. The van der Waals surface area contributed by atoms with Crippen LogP contribution in [0.15, 0.2) is 42.5 Å². The summed E-state index contributed by atoms with van der Waals surface area (Å²) in [7, 11) is -2.24. The van der Waals surface area contributed by atoms with Crippen molar-refractivity contribution in [3.05, 3.63) is 59.2 Å². The zero-order chi connectivity index (χ0) is 25.1. The van der Waals surface area contributed by atoms with Gasteiger partial charge in [-0.25, -0.2) is 0 Å². The minimum Gasteiger partial charge on any atom is -0.493 e. The molecule has 0 bridgehead atoms. The first-order valence-corrected chi connectivity index (χ1v) is 13.8. The molecule has 0 radical (unpaired) electrons. The predicted octanol–water partition coefficient (Wildman–Crippen LogP) is 5.99. The van der Waals surface area contributed by atoms with Crippen LogP contribution in [0.2, 0.25) is 0 Å². The number of nitrogens with zero attached hydrogens (tertiary/aromatic N) is 1. The Hall–Kier alpha value is -2.54. The third kappa shape index (κ3) is 8.05. The van der Waals surface area contributed by atoms with E-state index in [0.717, 1.165) is 24.8 Å². The molecule has 0 heterocycles. The molecule has 0 fully saturated rings. The van der Waals surface area contributed by atoms with Crippen LogP contribution < -0.4 is 8.92 Å². The Balaban J connectivity index is 2.22. The van der Waals surface area contributed by atoms with E-state index in [1.165, 1.54) is 38.9 Å². The van der Waals surface area contributed by atoms with E-state index >= 15 is 0 Å². The maximum Gasteiger partial charge on any atom is 0.309 e. The fraction of sp³-hybridized carbons (Fsp3) is 0.519. The van der Waals surface area contributed by atoms with Crippen LogP contribution in [0.1, 0.15) is 81.3 Å². The predicted molar refractivity (Wildman–Crippen MR) is 137 cm³/mol. The average molecular weight is 490 g/mol. The lowest BCUT2D eigenvalue weighted by Gasteiger charge is -2.29. The van der Waals surface area contributed by atoms with E-state index in [-0.39, 0.29) is 23.5 Å². The van der Waals surface area contributed by atoms with E-state index in [1.54, 1.807) is 12.1 Å². The first-order valence-electron chi connectivity index (χ1n) is 12.2. The van der Waals surface area contributed by atoms with Crippen molar-refractivity contribution in [1.29, 1.82) is 0 Å². The quantitative estimate of drug-likeness (QED) is 0.241. The first-order chi connectivity index (χ1) is 16.2. The third-order valence-electron chi connectivity index (χ3n) is 6.05. The number of methoxy groups -OCH3 is 1. The van der Waals surface area contributed by atoms with Crippen molar-refractivity contribution >= 4 is 16.0 Å². The van der Waals surface area contributed by atoms with Gasteiger partial charge in [-0.3, -0.25) is 4.79 Å². The van der Waals surface area contributed by atoms with Crippen LogP contribution in [0.25, 0.3) is 0 Å². The number of hydrogen-bond acceptors (Lipinski definition) is 5. The van der Waals surface area contributed by atoms with Crippen LogP contribution in [0, 0.1) is 0 Å². The minimum absolute atomic E-state index is 0.00654. The van der Waals surface area contributed by atoms with Gasteiger partial charge in [0.05, 0.1) is 12.9 Å². The number of hydrogen-bond donors (Lipinski definition) is 0. The van der Waals surface area contributed by atoms with Crippen LogP contribution in [0.3, 0.4) is 0 Å². The smallest absolute Gasteiger partial charge is 0.309 e. The Morgan fingerprint density at radius 1 is 0.941 bits per heavy atom. The third-order valence-corrected chi connectivity index (χ3v) is 7.20. The lowest BCUT2D eigenvalue weighted by Crippen LogP contribution is -2.37. The van der Waals surface area contributed by atoms with Gasteiger partial charge in [0, 0.05) is 18.2 Å². The zero-order valence-corrected chi connectivity index (χ0v) is 22.0. The van der Waals surface area contributed by atoms with E-state index in [1.807, 2.05) is 49.1 Å². The van der Waals surface area contributed by atoms with E-state index < -0.39 is 10.1 Å². The second-order valence-electron chi connectivity index (χ2n) is 8.61. The summed E-state index contributed by atoms with van der Waals surface area (Å²) in [6, 6.07) is 13.0. The second kappa shape index (κ2) is 13.4. The van der Waals surface area contributed by atoms with Gasteiger partial charge in [0.1, 0.15) is 0 Å². The molecular formula is C27H39NO5S. The molecule has 6 nitrogen and oxygen atoms in total. The SMILES string of the molecule is CCCCCCc1ccc(C(=O)N(Cc2ccc(OC)c(OS(=O)(=O)CC)c2)[C@H](C)CC)cc1. The number of amides is 1. The number of aryl methyl sites for hydroxylation is 1. The molecule has 7 heteroatoms. The topological polar surface area (TPSA) is 72.9 Å². The Bertz CT molecular complexity index is 1020. The number of rotatable bonds is 14. The number of carbonyl (C=O) groups is 1. The molecule has 0 aromatic heterocycles. The van der Waals surface area contributed by atoms with Crippen LogP contribution in [0.4, 0.5) is 0 Å². The van der Waals surface area contributed by atoms with Crippen molar-refractivity contribution < 1.29 is 22.1 Å². The lowest BCUT2D eigenvalue weighted by molar-refractivity contribution is 0.0671. The Labute approximate surface area is 205 Å². The highest BCUT2D eigenvalue weighted by molar-refractivity contribution is 7.87. The monoisotopic (exact) mass is 489 g/mol. The molecule has 0 spiro atoms. The van der Waals surface area contributed by atoms with Crippen molar-refractivity contribution in [3.8, 4) is 11.5 Å². The fourth-order valence-electron chi connectivity index (χ4n) is 3.66. The normalized spacial score (nSPS) is 12.3. The van der Waals surface area contributed by atoms with Gasteiger partial charge in [0.15, 0.2) is 11.5 Å². The van der Waals surface area contributed by atoms with E-state index in [0.29, 0.717) is 17.9 Å². The molecule has 0 aliphatic heterocycles. The molecule has 0 unspecified atom stereocenters. The van der Waals surface area contributed by atoms with Crippen LogP contribution in [0.5, 0.6) is 11.5 Å². The van der Waals surface area contributed by atoms with Crippen molar-refractivity contribution in [1.82, 2.24) is 4.90 Å². The average Bonchev–Trinajstić information content (AvgIpc) is 2.84. The summed E-state index contributed by atoms with van der Waals surface area (Å²) in [5.74, 6) is 0.265. The molecule has 2 rings (SSSR count). The summed E-state index contributed by atoms with van der Waals surface area (Å²) in [5.41, 5.74) is 2.66. The summed E-state index contributed by atoms with van der Waals surface area (Å²) in [5, 5.41) is 0. The highest BCUT2D eigenvalue weighted by Gasteiger charge is 2.22. The molecule has 1 amide bonds. The Morgan fingerprint density at radius 2 is 1.62 bits per heavy atom. The maximum absolute atomic E-state index is 13.4. The largest absolute Gasteiger partial charge is 0.493 e. The second-order valence-corrected chi connectivity index (χ2v) is 10.5. The van der Waals surface area contributed by atoms with Crippen LogP contribution >= 0.6 is 0 Å². The molecular weight excluding hydrogens is 450 g/mol. The van der Waals surface area contributed by atoms with Crippen LogP contribution in [-0.4, -0.2) is 38.1 Å². The lowest BCUT2D eigenvalue weighted by atomic mass is 10.0. The highest BCUT2D eigenvalue weighted by Crippen LogP contribution is 2.30. The standard InChI is InChI=1S/C27H39NO5S/c1-6-9-10-11-12-22-13-16-24(17-14-22)27(29)28(21(4)7-2)20-23-15-18-25(32-5)26(19-23)33-34(30,31)8-3/h13-19,21H,6-12,20H2,1-5H3/t21-/m1/s1. The first kappa shape index (κ1) is 27.7. The van der Waals surface area contributed by atoms with Gasteiger partial charge in [0.2, 0.25) is 0 Å². The summed E-state index contributed by atoms with van der Waals surface area (Å²) < 4.78 is 34.5.